The largest absolute Gasteiger partial charge is 0.353 e. The predicted molar refractivity (Wildman–Crippen MR) is 74.1 cm³/mol. The first kappa shape index (κ1) is 15.5. The number of piperidine rings is 1. The number of terminal acetylenes is 1. The van der Waals surface area contributed by atoms with E-state index in [4.69, 9.17) is 12.2 Å². The molecular weight excluding hydrogens is 242 g/mol. The van der Waals surface area contributed by atoms with E-state index < -0.39 is 6.04 Å². The summed E-state index contributed by atoms with van der Waals surface area (Å²) in [6, 6.07) is -0.428. The molecule has 5 nitrogen and oxygen atoms in total. The fraction of sp³-hybridized carbons (Fsp3) is 0.714. The van der Waals surface area contributed by atoms with Gasteiger partial charge in [-0.1, -0.05) is 6.92 Å². The first-order valence-electron chi connectivity index (χ1n) is 6.85. The van der Waals surface area contributed by atoms with Gasteiger partial charge >= 0.3 is 0 Å². The second-order valence-corrected chi connectivity index (χ2v) is 4.93. The van der Waals surface area contributed by atoms with Crippen molar-refractivity contribution in [3.63, 3.8) is 0 Å². The van der Waals surface area contributed by atoms with Gasteiger partial charge in [-0.25, -0.2) is 0 Å². The zero-order chi connectivity index (χ0) is 14.3. The molecule has 3 N–H and O–H groups in total. The minimum absolute atomic E-state index is 0.0868. The molecule has 0 bridgehead atoms. The van der Waals surface area contributed by atoms with Crippen LogP contribution in [-0.4, -0.2) is 41.9 Å². The van der Waals surface area contributed by atoms with Crippen molar-refractivity contribution in [2.24, 2.45) is 5.73 Å². The Kier molecular flexibility index (Phi) is 6.37. The number of rotatable bonds is 5. The summed E-state index contributed by atoms with van der Waals surface area (Å²) in [5.41, 5.74) is 5.71. The molecule has 1 saturated heterocycles. The summed E-state index contributed by atoms with van der Waals surface area (Å²) in [5, 5.41) is 2.99. The zero-order valence-electron chi connectivity index (χ0n) is 11.5. The molecule has 1 fully saturated rings. The van der Waals surface area contributed by atoms with E-state index in [-0.39, 0.29) is 24.3 Å². The van der Waals surface area contributed by atoms with Crippen LogP contribution in [0.2, 0.25) is 0 Å². The lowest BCUT2D eigenvalue weighted by Crippen LogP contribution is -2.50. The van der Waals surface area contributed by atoms with Gasteiger partial charge in [0.1, 0.15) is 0 Å². The molecule has 5 heteroatoms. The van der Waals surface area contributed by atoms with Gasteiger partial charge in [0.25, 0.3) is 0 Å². The molecule has 0 aromatic carbocycles. The molecule has 1 aliphatic heterocycles. The van der Waals surface area contributed by atoms with Crippen molar-refractivity contribution in [1.29, 1.82) is 0 Å². The van der Waals surface area contributed by atoms with Crippen LogP contribution >= 0.6 is 0 Å². The van der Waals surface area contributed by atoms with E-state index in [2.05, 4.69) is 11.2 Å². The molecule has 0 radical (unpaired) electrons. The highest BCUT2D eigenvalue weighted by Gasteiger charge is 2.26. The van der Waals surface area contributed by atoms with Crippen molar-refractivity contribution in [2.45, 2.75) is 51.1 Å². The van der Waals surface area contributed by atoms with Crippen molar-refractivity contribution in [1.82, 2.24) is 10.2 Å². The van der Waals surface area contributed by atoms with Crippen LogP contribution < -0.4 is 11.1 Å². The number of hydrogen-bond acceptors (Lipinski definition) is 3. The van der Waals surface area contributed by atoms with Crippen molar-refractivity contribution >= 4 is 11.8 Å². The van der Waals surface area contributed by atoms with E-state index in [0.717, 1.165) is 19.3 Å². The third-order valence-electron chi connectivity index (χ3n) is 3.30. The fourth-order valence-electron chi connectivity index (χ4n) is 2.22. The lowest BCUT2D eigenvalue weighted by atomic mass is 10.0. The maximum absolute atomic E-state index is 11.9. The van der Waals surface area contributed by atoms with Crippen molar-refractivity contribution in [3.8, 4) is 12.3 Å². The molecule has 0 aliphatic carbocycles. The van der Waals surface area contributed by atoms with E-state index >= 15 is 0 Å². The van der Waals surface area contributed by atoms with Crippen molar-refractivity contribution in [3.05, 3.63) is 0 Å². The van der Waals surface area contributed by atoms with Crippen molar-refractivity contribution in [2.75, 3.05) is 13.1 Å². The molecule has 0 aromatic heterocycles. The Balaban J connectivity index is 2.34. The summed E-state index contributed by atoms with van der Waals surface area (Å²) in [4.78, 5) is 25.2. The van der Waals surface area contributed by atoms with Crippen LogP contribution in [0.3, 0.4) is 0 Å². The third-order valence-corrected chi connectivity index (χ3v) is 3.30. The standard InChI is InChI=1S/C14H23N3O2/c1-3-5-12(15)14(19)17-9-7-11(8-10-17)16-13(18)6-4-2/h1,11-12H,4-10,15H2,2H3,(H,16,18). The summed E-state index contributed by atoms with van der Waals surface area (Å²) in [6.45, 7) is 3.25. The fourth-order valence-corrected chi connectivity index (χ4v) is 2.22. The Bertz CT molecular complexity index is 354. The summed E-state index contributed by atoms with van der Waals surface area (Å²) >= 11 is 0. The van der Waals surface area contributed by atoms with Gasteiger partial charge in [0, 0.05) is 32.0 Å². The molecule has 1 aliphatic rings. The first-order valence-corrected chi connectivity index (χ1v) is 6.85. The van der Waals surface area contributed by atoms with Crippen LogP contribution in [0.15, 0.2) is 0 Å². The highest BCUT2D eigenvalue weighted by Crippen LogP contribution is 2.12. The summed E-state index contributed by atoms with van der Waals surface area (Å²) < 4.78 is 0. The highest BCUT2D eigenvalue weighted by molar-refractivity contribution is 5.82. The van der Waals surface area contributed by atoms with Crippen molar-refractivity contribution < 1.29 is 9.59 Å². The van der Waals surface area contributed by atoms with E-state index in [1.54, 1.807) is 4.90 Å². The number of carbonyl (C=O) groups excluding carboxylic acids is 2. The molecule has 2 amide bonds. The van der Waals surface area contributed by atoms with Crippen LogP contribution in [0.25, 0.3) is 0 Å². The molecular formula is C14H23N3O2. The van der Waals surface area contributed by atoms with Gasteiger partial charge in [-0.15, -0.1) is 12.3 Å². The van der Waals surface area contributed by atoms with Gasteiger partial charge in [-0.2, -0.15) is 0 Å². The molecule has 1 unspecified atom stereocenters. The average molecular weight is 265 g/mol. The Morgan fingerprint density at radius 1 is 1.47 bits per heavy atom. The predicted octanol–water partition coefficient (Wildman–Crippen LogP) is 0.244. The zero-order valence-corrected chi connectivity index (χ0v) is 11.5. The van der Waals surface area contributed by atoms with Crippen LogP contribution in [0.1, 0.15) is 39.0 Å². The van der Waals surface area contributed by atoms with E-state index in [1.165, 1.54) is 0 Å². The van der Waals surface area contributed by atoms with E-state index in [1.807, 2.05) is 6.92 Å². The second kappa shape index (κ2) is 7.80. The second-order valence-electron chi connectivity index (χ2n) is 4.93. The monoisotopic (exact) mass is 265 g/mol. The lowest BCUT2D eigenvalue weighted by Gasteiger charge is -2.33. The van der Waals surface area contributed by atoms with Crippen LogP contribution in [0.5, 0.6) is 0 Å². The molecule has 0 spiro atoms. The Morgan fingerprint density at radius 2 is 2.11 bits per heavy atom. The molecule has 1 atom stereocenters. The summed E-state index contributed by atoms with van der Waals surface area (Å²) in [6.07, 6.45) is 8.40. The normalized spacial score (nSPS) is 17.6. The number of hydrogen-bond donors (Lipinski definition) is 2. The number of nitrogens with one attached hydrogen (secondary N) is 1. The van der Waals surface area contributed by atoms with Gasteiger partial charge in [-0.3, -0.25) is 9.59 Å². The van der Waals surface area contributed by atoms with Gasteiger partial charge in [0.2, 0.25) is 11.8 Å². The molecule has 1 rings (SSSR count). The highest BCUT2D eigenvalue weighted by atomic mass is 16.2. The third kappa shape index (κ3) is 4.92. The molecule has 0 saturated carbocycles. The topological polar surface area (TPSA) is 75.4 Å². The van der Waals surface area contributed by atoms with E-state index in [9.17, 15) is 9.59 Å². The number of nitrogens with zero attached hydrogens (tertiary/aromatic N) is 1. The maximum atomic E-state index is 11.9. The molecule has 106 valence electrons. The Morgan fingerprint density at radius 3 is 2.63 bits per heavy atom. The summed E-state index contributed by atoms with van der Waals surface area (Å²) in [7, 11) is 0. The minimum atomic E-state index is -0.601. The molecule has 1 heterocycles. The van der Waals surface area contributed by atoms with E-state index in [0.29, 0.717) is 19.5 Å². The molecule has 19 heavy (non-hydrogen) atoms. The van der Waals surface area contributed by atoms with Crippen LogP contribution in [0, 0.1) is 12.3 Å². The molecule has 0 aromatic rings. The maximum Gasteiger partial charge on any atom is 0.240 e. The van der Waals surface area contributed by atoms with Gasteiger partial charge in [0.15, 0.2) is 0 Å². The van der Waals surface area contributed by atoms with Crippen LogP contribution in [-0.2, 0) is 9.59 Å². The quantitative estimate of drug-likeness (QED) is 0.699. The number of carbonyl (C=O) groups is 2. The van der Waals surface area contributed by atoms with Gasteiger partial charge < -0.3 is 16.0 Å². The van der Waals surface area contributed by atoms with Gasteiger partial charge in [0.05, 0.1) is 6.04 Å². The average Bonchev–Trinajstić information content (AvgIpc) is 2.39. The Labute approximate surface area is 114 Å². The van der Waals surface area contributed by atoms with Crippen LogP contribution in [0.4, 0.5) is 0 Å². The minimum Gasteiger partial charge on any atom is -0.353 e. The Hall–Kier alpha value is -1.54. The number of likely N-dealkylation sites (tertiary alicyclic amines) is 1. The smallest absolute Gasteiger partial charge is 0.240 e. The SMILES string of the molecule is C#CCC(N)C(=O)N1CCC(NC(=O)CCC)CC1. The number of nitrogens with two attached hydrogens (primary N) is 1. The first-order chi connectivity index (χ1) is 9.08. The van der Waals surface area contributed by atoms with Gasteiger partial charge in [-0.05, 0) is 19.3 Å². The summed E-state index contributed by atoms with van der Waals surface area (Å²) in [5.74, 6) is 2.41. The lowest BCUT2D eigenvalue weighted by molar-refractivity contribution is -0.133. The number of amides is 2.